The number of rotatable bonds is 7. The van der Waals surface area contributed by atoms with Crippen molar-refractivity contribution >= 4 is 23.2 Å². The highest BCUT2D eigenvalue weighted by atomic mass is 16.5. The number of anilines is 2. The number of carbonyl (C=O) groups excluding carboxylic acids is 2. The third-order valence-corrected chi connectivity index (χ3v) is 4.73. The van der Waals surface area contributed by atoms with Crippen LogP contribution in [0.25, 0.3) is 0 Å². The van der Waals surface area contributed by atoms with Crippen LogP contribution in [0, 0.1) is 6.92 Å². The molecular formula is C20H24N6O4. The molecule has 2 heterocycles. The van der Waals surface area contributed by atoms with Crippen molar-refractivity contribution in [2.45, 2.75) is 20.4 Å². The summed E-state index contributed by atoms with van der Waals surface area (Å²) in [6, 6.07) is 4.82. The lowest BCUT2D eigenvalue weighted by Gasteiger charge is -2.11. The normalized spacial score (nSPS) is 10.6. The second kappa shape index (κ2) is 8.68. The summed E-state index contributed by atoms with van der Waals surface area (Å²) in [7, 11) is 4.80. The van der Waals surface area contributed by atoms with E-state index in [4.69, 9.17) is 9.47 Å². The zero-order valence-corrected chi connectivity index (χ0v) is 17.5. The SMILES string of the molecule is CCn1ncc(NC(=O)c2ccc(OC)c(OC)c2)c1C(=O)Nc1cnn(C)c1C. The molecular weight excluding hydrogens is 388 g/mol. The van der Waals surface area contributed by atoms with Gasteiger partial charge in [-0.15, -0.1) is 0 Å². The van der Waals surface area contributed by atoms with Crippen LogP contribution >= 0.6 is 0 Å². The molecule has 0 aliphatic heterocycles. The zero-order chi connectivity index (χ0) is 21.8. The minimum Gasteiger partial charge on any atom is -0.493 e. The number of ether oxygens (including phenoxy) is 2. The highest BCUT2D eigenvalue weighted by molar-refractivity contribution is 6.11. The van der Waals surface area contributed by atoms with Gasteiger partial charge in [-0.05, 0) is 32.0 Å². The lowest BCUT2D eigenvalue weighted by molar-refractivity contribution is 0.101. The third-order valence-electron chi connectivity index (χ3n) is 4.73. The molecule has 0 fully saturated rings. The number of benzene rings is 1. The second-order valence-electron chi connectivity index (χ2n) is 6.47. The van der Waals surface area contributed by atoms with E-state index in [9.17, 15) is 9.59 Å². The maximum absolute atomic E-state index is 12.9. The number of nitrogens with one attached hydrogen (secondary N) is 2. The van der Waals surface area contributed by atoms with Crippen molar-refractivity contribution in [1.29, 1.82) is 0 Å². The molecule has 0 aliphatic rings. The molecule has 2 amide bonds. The van der Waals surface area contributed by atoms with E-state index in [1.165, 1.54) is 25.1 Å². The monoisotopic (exact) mass is 412 g/mol. The molecule has 0 radical (unpaired) electrons. The van der Waals surface area contributed by atoms with Crippen molar-refractivity contribution in [3.8, 4) is 11.5 Å². The fourth-order valence-corrected chi connectivity index (χ4v) is 2.93. The van der Waals surface area contributed by atoms with Crippen molar-refractivity contribution in [2.24, 2.45) is 7.05 Å². The van der Waals surface area contributed by atoms with Gasteiger partial charge in [-0.25, -0.2) is 0 Å². The van der Waals surface area contributed by atoms with Gasteiger partial charge < -0.3 is 20.1 Å². The standard InChI is InChI=1S/C20H24N6O4/c1-6-26-18(20(28)23-14-10-21-25(3)12(14)2)15(11-22-26)24-19(27)13-7-8-16(29-4)17(9-13)30-5/h7-11H,6H2,1-5H3,(H,23,28)(H,24,27). The van der Waals surface area contributed by atoms with E-state index < -0.39 is 11.8 Å². The van der Waals surface area contributed by atoms with Gasteiger partial charge in [-0.3, -0.25) is 19.0 Å². The summed E-state index contributed by atoms with van der Waals surface area (Å²) < 4.78 is 13.6. The van der Waals surface area contributed by atoms with Gasteiger partial charge in [0.25, 0.3) is 11.8 Å². The molecule has 158 valence electrons. The summed E-state index contributed by atoms with van der Waals surface area (Å²) in [5.74, 6) is 0.144. The Kier molecular flexibility index (Phi) is 6.05. The van der Waals surface area contributed by atoms with E-state index in [2.05, 4.69) is 20.8 Å². The Morgan fingerprint density at radius 2 is 1.67 bits per heavy atom. The van der Waals surface area contributed by atoms with Crippen LogP contribution in [0.15, 0.2) is 30.6 Å². The molecule has 2 aromatic heterocycles. The van der Waals surface area contributed by atoms with Crippen LogP contribution in [0.4, 0.5) is 11.4 Å². The fourth-order valence-electron chi connectivity index (χ4n) is 2.93. The Morgan fingerprint density at radius 1 is 1.00 bits per heavy atom. The molecule has 0 aliphatic carbocycles. The minimum atomic E-state index is -0.404. The summed E-state index contributed by atoms with van der Waals surface area (Å²) in [6.45, 7) is 4.17. The number of methoxy groups -OCH3 is 2. The smallest absolute Gasteiger partial charge is 0.276 e. The van der Waals surface area contributed by atoms with E-state index in [1.807, 2.05) is 13.8 Å². The first kappa shape index (κ1) is 20.9. The third kappa shape index (κ3) is 3.97. The summed E-state index contributed by atoms with van der Waals surface area (Å²) in [5.41, 5.74) is 2.29. The molecule has 0 bridgehead atoms. The van der Waals surface area contributed by atoms with Crippen LogP contribution in [0.1, 0.15) is 33.5 Å². The molecule has 0 atom stereocenters. The van der Waals surface area contributed by atoms with Gasteiger partial charge in [0.2, 0.25) is 0 Å². The molecule has 0 spiro atoms. The highest BCUT2D eigenvalue weighted by Gasteiger charge is 2.22. The van der Waals surface area contributed by atoms with Crippen molar-refractivity contribution in [2.75, 3.05) is 24.9 Å². The van der Waals surface area contributed by atoms with E-state index in [-0.39, 0.29) is 5.69 Å². The summed E-state index contributed by atoms with van der Waals surface area (Å²) in [5, 5.41) is 13.9. The summed E-state index contributed by atoms with van der Waals surface area (Å²) in [6.07, 6.45) is 3.02. The van der Waals surface area contributed by atoms with Crippen LogP contribution in [0.2, 0.25) is 0 Å². The number of aromatic nitrogens is 4. The Morgan fingerprint density at radius 3 is 2.27 bits per heavy atom. The number of amides is 2. The highest BCUT2D eigenvalue weighted by Crippen LogP contribution is 2.28. The molecule has 30 heavy (non-hydrogen) atoms. The molecule has 2 N–H and O–H groups in total. The molecule has 0 saturated heterocycles. The first-order chi connectivity index (χ1) is 14.4. The predicted octanol–water partition coefficient (Wildman–Crippen LogP) is 2.47. The van der Waals surface area contributed by atoms with Gasteiger partial charge in [-0.1, -0.05) is 0 Å². The average Bonchev–Trinajstić information content (AvgIpc) is 3.30. The quantitative estimate of drug-likeness (QED) is 0.617. The van der Waals surface area contributed by atoms with E-state index in [0.29, 0.717) is 35.0 Å². The van der Waals surface area contributed by atoms with Gasteiger partial charge in [0.05, 0.1) is 43.7 Å². The molecule has 3 aromatic rings. The van der Waals surface area contributed by atoms with Crippen molar-refractivity contribution < 1.29 is 19.1 Å². The van der Waals surface area contributed by atoms with Crippen LogP contribution in [-0.4, -0.2) is 45.6 Å². The van der Waals surface area contributed by atoms with Crippen LogP contribution in [-0.2, 0) is 13.6 Å². The largest absolute Gasteiger partial charge is 0.493 e. The number of nitrogens with zero attached hydrogens (tertiary/aromatic N) is 4. The Hall–Kier alpha value is -3.82. The number of hydrogen-bond acceptors (Lipinski definition) is 6. The zero-order valence-electron chi connectivity index (χ0n) is 17.5. The lowest BCUT2D eigenvalue weighted by Crippen LogP contribution is -2.21. The molecule has 1 aromatic carbocycles. The molecule has 10 heteroatoms. The van der Waals surface area contributed by atoms with Crippen LogP contribution < -0.4 is 20.1 Å². The Labute approximate surface area is 173 Å². The number of aryl methyl sites for hydroxylation is 2. The van der Waals surface area contributed by atoms with Gasteiger partial charge in [0.1, 0.15) is 5.69 Å². The molecule has 10 nitrogen and oxygen atoms in total. The number of hydrogen-bond donors (Lipinski definition) is 2. The molecule has 0 unspecified atom stereocenters. The maximum Gasteiger partial charge on any atom is 0.276 e. The number of carbonyl (C=O) groups is 2. The van der Waals surface area contributed by atoms with E-state index in [0.717, 1.165) is 5.69 Å². The fraction of sp³-hybridized carbons (Fsp3) is 0.300. The van der Waals surface area contributed by atoms with Gasteiger partial charge in [0.15, 0.2) is 11.5 Å². The van der Waals surface area contributed by atoms with Gasteiger partial charge in [0, 0.05) is 19.2 Å². The van der Waals surface area contributed by atoms with Crippen molar-refractivity contribution in [1.82, 2.24) is 19.6 Å². The van der Waals surface area contributed by atoms with Crippen LogP contribution in [0.3, 0.4) is 0 Å². The summed E-state index contributed by atoms with van der Waals surface area (Å²) in [4.78, 5) is 25.7. The maximum atomic E-state index is 12.9. The first-order valence-corrected chi connectivity index (χ1v) is 9.28. The van der Waals surface area contributed by atoms with E-state index >= 15 is 0 Å². The molecule has 3 rings (SSSR count). The van der Waals surface area contributed by atoms with Crippen molar-refractivity contribution in [3.05, 3.63) is 47.5 Å². The average molecular weight is 412 g/mol. The second-order valence-corrected chi connectivity index (χ2v) is 6.47. The Bertz CT molecular complexity index is 1090. The molecule has 0 saturated carbocycles. The minimum absolute atomic E-state index is 0.245. The topological polar surface area (TPSA) is 112 Å². The van der Waals surface area contributed by atoms with Gasteiger partial charge in [-0.2, -0.15) is 10.2 Å². The van der Waals surface area contributed by atoms with Crippen LogP contribution in [0.5, 0.6) is 11.5 Å². The first-order valence-electron chi connectivity index (χ1n) is 9.28. The van der Waals surface area contributed by atoms with E-state index in [1.54, 1.807) is 36.1 Å². The summed E-state index contributed by atoms with van der Waals surface area (Å²) >= 11 is 0. The lowest BCUT2D eigenvalue weighted by atomic mass is 10.2. The predicted molar refractivity (Wildman–Crippen MR) is 111 cm³/mol. The Balaban J connectivity index is 1.87. The van der Waals surface area contributed by atoms with Gasteiger partial charge >= 0.3 is 0 Å². The van der Waals surface area contributed by atoms with Crippen molar-refractivity contribution in [3.63, 3.8) is 0 Å².